The van der Waals surface area contributed by atoms with Gasteiger partial charge in [0.15, 0.2) is 9.84 Å². The predicted octanol–water partition coefficient (Wildman–Crippen LogP) is 2.41. The minimum atomic E-state index is -3.68. The molecule has 1 atom stereocenters. The summed E-state index contributed by atoms with van der Waals surface area (Å²) in [5, 5.41) is 5.45. The normalized spacial score (nSPS) is 19.1. The van der Waals surface area contributed by atoms with Crippen molar-refractivity contribution in [2.45, 2.75) is 60.6 Å². The number of thioether (sulfide) groups is 1. The first kappa shape index (κ1) is 24.4. The largest absolute Gasteiger partial charge is 0.450 e. The fraction of sp³-hybridized carbons (Fsp3) is 0.571. The van der Waals surface area contributed by atoms with Crippen LogP contribution in [0.2, 0.25) is 0 Å². The summed E-state index contributed by atoms with van der Waals surface area (Å²) in [7, 11) is -3.68. The molecule has 0 aromatic heterocycles. The van der Waals surface area contributed by atoms with Crippen LogP contribution in [0.4, 0.5) is 10.5 Å². The summed E-state index contributed by atoms with van der Waals surface area (Å²) in [6.07, 6.45) is 1.37. The van der Waals surface area contributed by atoms with E-state index < -0.39 is 9.84 Å². The van der Waals surface area contributed by atoms with Gasteiger partial charge in [-0.1, -0.05) is 6.92 Å². The summed E-state index contributed by atoms with van der Waals surface area (Å²) in [6, 6.07) is 4.59. The van der Waals surface area contributed by atoms with E-state index in [9.17, 15) is 22.8 Å². The van der Waals surface area contributed by atoms with E-state index in [-0.39, 0.29) is 46.3 Å². The number of carbonyl (C=O) groups excluding carboxylic acids is 3. The Balaban J connectivity index is 1.51. The van der Waals surface area contributed by atoms with Gasteiger partial charge in [0.25, 0.3) is 0 Å². The number of nitrogens with one attached hydrogen (secondary N) is 2. The molecule has 0 aliphatic carbocycles. The molecule has 32 heavy (non-hydrogen) atoms. The molecule has 11 heteroatoms. The number of amides is 3. The van der Waals surface area contributed by atoms with E-state index in [1.807, 2.05) is 6.92 Å². The van der Waals surface area contributed by atoms with Crippen molar-refractivity contribution < 1.29 is 27.5 Å². The van der Waals surface area contributed by atoms with Gasteiger partial charge >= 0.3 is 6.09 Å². The van der Waals surface area contributed by atoms with E-state index in [1.165, 1.54) is 23.9 Å². The molecule has 1 fully saturated rings. The summed E-state index contributed by atoms with van der Waals surface area (Å²) in [5.41, 5.74) is 0.489. The van der Waals surface area contributed by atoms with Crippen LogP contribution in [0.3, 0.4) is 0 Å². The summed E-state index contributed by atoms with van der Waals surface area (Å²) in [4.78, 5) is 38.7. The third-order valence-corrected chi connectivity index (χ3v) is 8.64. The van der Waals surface area contributed by atoms with Crippen molar-refractivity contribution in [1.29, 1.82) is 0 Å². The summed E-state index contributed by atoms with van der Waals surface area (Å²) in [6.45, 7) is 4.97. The highest BCUT2D eigenvalue weighted by Crippen LogP contribution is 2.38. The van der Waals surface area contributed by atoms with Gasteiger partial charge < -0.3 is 20.3 Å². The van der Waals surface area contributed by atoms with E-state index in [4.69, 9.17) is 4.74 Å². The number of nitrogens with zero attached hydrogens (tertiary/aromatic N) is 1. The Morgan fingerprint density at radius 1 is 1.25 bits per heavy atom. The maximum atomic E-state index is 12.7. The number of likely N-dealkylation sites (tertiary alicyclic amines) is 1. The Labute approximate surface area is 192 Å². The first-order valence-electron chi connectivity index (χ1n) is 10.8. The van der Waals surface area contributed by atoms with E-state index >= 15 is 0 Å². The minimum absolute atomic E-state index is 0.0858. The molecule has 2 aliphatic heterocycles. The second-order valence-corrected chi connectivity index (χ2v) is 11.1. The monoisotopic (exact) mass is 483 g/mol. The molecule has 3 amide bonds. The van der Waals surface area contributed by atoms with Crippen molar-refractivity contribution in [1.82, 2.24) is 10.2 Å². The average molecular weight is 484 g/mol. The van der Waals surface area contributed by atoms with Gasteiger partial charge in [-0.2, -0.15) is 0 Å². The fourth-order valence-corrected chi connectivity index (χ4v) is 5.94. The third kappa shape index (κ3) is 5.94. The van der Waals surface area contributed by atoms with Crippen LogP contribution < -0.4 is 10.6 Å². The minimum Gasteiger partial charge on any atom is -0.450 e. The lowest BCUT2D eigenvalue weighted by Crippen LogP contribution is -2.46. The van der Waals surface area contributed by atoms with Crippen LogP contribution in [0.25, 0.3) is 0 Å². The highest BCUT2D eigenvalue weighted by molar-refractivity contribution is 8.01. The Morgan fingerprint density at radius 2 is 1.97 bits per heavy atom. The Morgan fingerprint density at radius 3 is 2.62 bits per heavy atom. The molecular weight excluding hydrogens is 454 g/mol. The molecule has 0 unspecified atom stereocenters. The predicted molar refractivity (Wildman–Crippen MR) is 121 cm³/mol. The average Bonchev–Trinajstić information content (AvgIpc) is 2.77. The number of ether oxygens (including phenoxy) is 1. The van der Waals surface area contributed by atoms with Crippen LogP contribution in [-0.4, -0.2) is 68.0 Å². The number of carbonyl (C=O) groups is 3. The van der Waals surface area contributed by atoms with Crippen molar-refractivity contribution in [2.24, 2.45) is 0 Å². The molecule has 2 N–H and O–H groups in total. The molecule has 0 radical (unpaired) electrons. The first-order chi connectivity index (χ1) is 15.2. The zero-order chi connectivity index (χ0) is 23.3. The Hall–Kier alpha value is -2.27. The van der Waals surface area contributed by atoms with E-state index in [1.54, 1.807) is 17.9 Å². The van der Waals surface area contributed by atoms with Gasteiger partial charge in [-0.15, -0.1) is 11.8 Å². The van der Waals surface area contributed by atoms with Crippen LogP contribution in [0, 0.1) is 0 Å². The third-order valence-electron chi connectivity index (χ3n) is 5.48. The Bertz CT molecular complexity index is 974. The van der Waals surface area contributed by atoms with Crippen molar-refractivity contribution in [2.75, 3.05) is 30.8 Å². The molecule has 176 valence electrons. The van der Waals surface area contributed by atoms with Crippen molar-refractivity contribution in [3.05, 3.63) is 18.2 Å². The number of sulfone groups is 1. The lowest BCUT2D eigenvalue weighted by atomic mass is 10.1. The summed E-state index contributed by atoms with van der Waals surface area (Å²) >= 11 is 1.42. The molecule has 3 rings (SSSR count). The standard InChI is InChI=1S/C21H29N3O6S2/c1-3-17-20(26)23-16-13-15(5-6-18(16)31-17)32(28,29)12-9-19(25)22-14-7-10-24(11-8-14)21(27)30-4-2/h5-6,13-14,17H,3-4,7-12H2,1-2H3,(H,22,25)(H,23,26)/t17-/m0/s1. The molecule has 2 heterocycles. The number of rotatable bonds is 7. The molecule has 1 aromatic rings. The van der Waals surface area contributed by atoms with Gasteiger partial charge in [0.2, 0.25) is 11.8 Å². The van der Waals surface area contributed by atoms with Crippen molar-refractivity contribution in [3.63, 3.8) is 0 Å². The first-order valence-corrected chi connectivity index (χ1v) is 13.3. The van der Waals surface area contributed by atoms with Gasteiger partial charge in [-0.05, 0) is 44.4 Å². The van der Waals surface area contributed by atoms with Gasteiger partial charge in [-0.3, -0.25) is 9.59 Å². The lowest BCUT2D eigenvalue weighted by Gasteiger charge is -2.31. The fourth-order valence-electron chi connectivity index (χ4n) is 3.66. The van der Waals surface area contributed by atoms with E-state index in [0.717, 1.165) is 4.90 Å². The maximum Gasteiger partial charge on any atom is 0.409 e. The summed E-state index contributed by atoms with van der Waals surface area (Å²) < 4.78 is 30.5. The molecule has 1 saturated heterocycles. The number of fused-ring (bicyclic) bond motifs is 1. The number of benzene rings is 1. The van der Waals surface area contributed by atoms with Crippen molar-refractivity contribution >= 4 is 45.2 Å². The zero-order valence-electron chi connectivity index (χ0n) is 18.3. The summed E-state index contributed by atoms with van der Waals surface area (Å²) in [5.74, 6) is -0.790. The van der Waals surface area contributed by atoms with E-state index in [2.05, 4.69) is 10.6 Å². The topological polar surface area (TPSA) is 122 Å². The van der Waals surface area contributed by atoms with Crippen molar-refractivity contribution in [3.8, 4) is 0 Å². The lowest BCUT2D eigenvalue weighted by molar-refractivity contribution is -0.121. The molecule has 0 saturated carbocycles. The smallest absolute Gasteiger partial charge is 0.409 e. The number of anilines is 1. The zero-order valence-corrected chi connectivity index (χ0v) is 19.9. The second-order valence-electron chi connectivity index (χ2n) is 7.76. The molecule has 2 aliphatic rings. The maximum absolute atomic E-state index is 12.7. The highest BCUT2D eigenvalue weighted by Gasteiger charge is 2.28. The quantitative estimate of drug-likeness (QED) is 0.611. The van der Waals surface area contributed by atoms with Crippen LogP contribution in [0.1, 0.15) is 39.5 Å². The second kappa shape index (κ2) is 10.6. The molecule has 0 spiro atoms. The van der Waals surface area contributed by atoms with Gasteiger partial charge in [-0.25, -0.2) is 13.2 Å². The van der Waals surface area contributed by atoms with Crippen LogP contribution in [0.5, 0.6) is 0 Å². The van der Waals surface area contributed by atoms with Crippen LogP contribution in [0.15, 0.2) is 28.0 Å². The van der Waals surface area contributed by atoms with Gasteiger partial charge in [0.05, 0.1) is 28.2 Å². The number of piperidine rings is 1. The number of hydrogen-bond acceptors (Lipinski definition) is 7. The molecule has 9 nitrogen and oxygen atoms in total. The number of hydrogen-bond donors (Lipinski definition) is 2. The van der Waals surface area contributed by atoms with Gasteiger partial charge in [0.1, 0.15) is 0 Å². The highest BCUT2D eigenvalue weighted by atomic mass is 32.2. The molecular formula is C21H29N3O6S2. The van der Waals surface area contributed by atoms with Crippen LogP contribution >= 0.6 is 11.8 Å². The molecule has 0 bridgehead atoms. The molecule has 1 aromatic carbocycles. The SMILES string of the molecule is CCOC(=O)N1CCC(NC(=O)CCS(=O)(=O)c2ccc3c(c2)NC(=O)[C@H](CC)S3)CC1. The Kier molecular flexibility index (Phi) is 8.05. The van der Waals surface area contributed by atoms with Gasteiger partial charge in [0, 0.05) is 30.4 Å². The van der Waals surface area contributed by atoms with Crippen LogP contribution in [-0.2, 0) is 24.2 Å². The van der Waals surface area contributed by atoms with E-state index in [0.29, 0.717) is 44.6 Å².